The molecule has 2 heterocycles. The quantitative estimate of drug-likeness (QED) is 0.128. The van der Waals surface area contributed by atoms with Crippen LogP contribution in [0.15, 0.2) is 168 Å². The number of carbonyl (C=O) groups excluding carboxylic acids is 2. The van der Waals surface area contributed by atoms with Crippen molar-refractivity contribution >= 4 is 52.6 Å². The van der Waals surface area contributed by atoms with Gasteiger partial charge in [0.15, 0.2) is 0 Å². The molecular weight excluding hydrogens is 792 g/mol. The van der Waals surface area contributed by atoms with Gasteiger partial charge < -0.3 is 10.2 Å². The predicted molar refractivity (Wildman–Crippen MR) is 240 cm³/mol. The number of nitrogens with one attached hydrogen (secondary N) is 1. The van der Waals surface area contributed by atoms with Gasteiger partial charge in [0.05, 0.1) is 34.0 Å². The van der Waals surface area contributed by atoms with Crippen molar-refractivity contribution in [2.75, 3.05) is 30.9 Å². The zero-order valence-corrected chi connectivity index (χ0v) is 34.6. The lowest BCUT2D eigenvalue weighted by atomic mass is 9.99. The number of hydrogen-bond acceptors (Lipinski definition) is 8. The molecule has 0 atom stereocenters. The molecule has 0 spiro atoms. The third-order valence-corrected chi connectivity index (χ3v) is 11.0. The van der Waals surface area contributed by atoms with Crippen molar-refractivity contribution in [2.45, 2.75) is 10.1 Å². The highest BCUT2D eigenvalue weighted by atomic mass is 35.5. The predicted octanol–water partition coefficient (Wildman–Crippen LogP) is 11.1. The first kappa shape index (κ1) is 41.9. The standard InChI is InChI=1S/C26H18ClN3OS.C22H19N3OS/c27-20-11-13-21(14-12-20)29-25(31)17-32-26-23(16-28)22(18-7-3-1-4-8-18)15-24(30-26)19-9-5-2-6-10-19;1-25(2)21(26)15-27-22-19(14-23)18(16-9-5-3-6-10-16)13-20(24-22)17-11-7-4-8-12-17/h1-15H,17H2,(H,29,31);3-13H,15H2,1-2H3. The summed E-state index contributed by atoms with van der Waals surface area (Å²) in [6.45, 7) is 0. The van der Waals surface area contributed by atoms with Gasteiger partial charge >= 0.3 is 0 Å². The minimum atomic E-state index is -0.186. The van der Waals surface area contributed by atoms with Crippen molar-refractivity contribution in [2.24, 2.45) is 0 Å². The molecule has 0 aliphatic carbocycles. The summed E-state index contributed by atoms with van der Waals surface area (Å²) in [5.74, 6) is 0.157. The molecule has 0 unspecified atom stereocenters. The van der Waals surface area contributed by atoms with E-state index in [1.54, 1.807) is 38.4 Å². The molecule has 0 saturated carbocycles. The molecule has 8 nitrogen and oxygen atoms in total. The van der Waals surface area contributed by atoms with Crippen LogP contribution in [0.25, 0.3) is 44.8 Å². The van der Waals surface area contributed by atoms with Crippen LogP contribution < -0.4 is 5.32 Å². The Hall–Kier alpha value is -6.69. The maximum Gasteiger partial charge on any atom is 0.234 e. The Labute approximate surface area is 357 Å². The highest BCUT2D eigenvalue weighted by molar-refractivity contribution is 8.00. The Kier molecular flexibility index (Phi) is 14.7. The normalized spacial score (nSPS) is 10.3. The van der Waals surface area contributed by atoms with Crippen LogP contribution in [0.5, 0.6) is 0 Å². The Morgan fingerprint density at radius 1 is 0.593 bits per heavy atom. The summed E-state index contributed by atoms with van der Waals surface area (Å²) < 4.78 is 0. The third kappa shape index (κ3) is 11.2. The lowest BCUT2D eigenvalue weighted by Crippen LogP contribution is -2.23. The molecule has 0 saturated heterocycles. The molecule has 59 heavy (non-hydrogen) atoms. The van der Waals surface area contributed by atoms with E-state index in [1.807, 2.05) is 133 Å². The summed E-state index contributed by atoms with van der Waals surface area (Å²) in [7, 11) is 3.44. The van der Waals surface area contributed by atoms with Crippen molar-refractivity contribution in [3.63, 3.8) is 0 Å². The van der Waals surface area contributed by atoms with Crippen molar-refractivity contribution in [3.8, 4) is 56.9 Å². The first-order chi connectivity index (χ1) is 28.7. The molecule has 0 bridgehead atoms. The van der Waals surface area contributed by atoms with E-state index in [9.17, 15) is 20.1 Å². The molecule has 0 aliphatic rings. The van der Waals surface area contributed by atoms with Gasteiger partial charge in [0, 0.05) is 47.1 Å². The van der Waals surface area contributed by atoms with E-state index in [4.69, 9.17) is 21.6 Å². The fraction of sp³-hybridized carbons (Fsp3) is 0.0833. The number of aromatic nitrogens is 2. The molecule has 5 aromatic carbocycles. The van der Waals surface area contributed by atoms with Crippen molar-refractivity contribution in [1.29, 1.82) is 10.5 Å². The van der Waals surface area contributed by atoms with E-state index in [2.05, 4.69) is 17.5 Å². The fourth-order valence-corrected chi connectivity index (χ4v) is 7.71. The lowest BCUT2D eigenvalue weighted by molar-refractivity contribution is -0.125. The zero-order valence-electron chi connectivity index (χ0n) is 32.2. The first-order valence-corrected chi connectivity index (χ1v) is 20.7. The molecular formula is C48H37ClN6O2S2. The topological polar surface area (TPSA) is 123 Å². The van der Waals surface area contributed by atoms with Crippen LogP contribution in [0.4, 0.5) is 5.69 Å². The number of benzene rings is 5. The monoisotopic (exact) mass is 828 g/mol. The van der Waals surface area contributed by atoms with Gasteiger partial charge in [-0.05, 0) is 47.5 Å². The maximum atomic E-state index is 12.5. The maximum absolute atomic E-state index is 12.5. The van der Waals surface area contributed by atoms with E-state index in [0.29, 0.717) is 31.9 Å². The second-order valence-corrected chi connectivity index (χ2v) is 15.4. The van der Waals surface area contributed by atoms with Gasteiger partial charge in [-0.1, -0.05) is 156 Å². The summed E-state index contributed by atoms with van der Waals surface area (Å²) in [5.41, 5.74) is 8.58. The summed E-state index contributed by atoms with van der Waals surface area (Å²) >= 11 is 8.45. The molecule has 11 heteroatoms. The number of amides is 2. The minimum absolute atomic E-state index is 0.0166. The number of anilines is 1. The van der Waals surface area contributed by atoms with Crippen molar-refractivity contribution < 1.29 is 9.59 Å². The van der Waals surface area contributed by atoms with Gasteiger partial charge in [-0.3, -0.25) is 9.59 Å². The van der Waals surface area contributed by atoms with Crippen molar-refractivity contribution in [3.05, 3.63) is 174 Å². The summed E-state index contributed by atoms with van der Waals surface area (Å²) in [6, 6.07) is 54.5. The molecule has 0 fully saturated rings. The smallest absolute Gasteiger partial charge is 0.234 e. The van der Waals surface area contributed by atoms with Gasteiger partial charge in [0.1, 0.15) is 22.2 Å². The second-order valence-electron chi connectivity index (χ2n) is 13.1. The van der Waals surface area contributed by atoms with Crippen LogP contribution in [0.2, 0.25) is 5.02 Å². The van der Waals surface area contributed by atoms with Gasteiger partial charge in [-0.15, -0.1) is 0 Å². The van der Waals surface area contributed by atoms with Crippen LogP contribution in [-0.2, 0) is 9.59 Å². The van der Waals surface area contributed by atoms with Gasteiger partial charge in [0.2, 0.25) is 11.8 Å². The highest BCUT2D eigenvalue weighted by Crippen LogP contribution is 2.36. The highest BCUT2D eigenvalue weighted by Gasteiger charge is 2.19. The summed E-state index contributed by atoms with van der Waals surface area (Å²) in [6.07, 6.45) is 0. The van der Waals surface area contributed by atoms with Crippen LogP contribution >= 0.6 is 35.1 Å². The zero-order chi connectivity index (χ0) is 41.6. The van der Waals surface area contributed by atoms with Gasteiger partial charge in [-0.25, -0.2) is 9.97 Å². The second kappa shape index (κ2) is 20.6. The average Bonchev–Trinajstić information content (AvgIpc) is 3.29. The number of pyridine rings is 2. The van der Waals surface area contributed by atoms with Crippen molar-refractivity contribution in [1.82, 2.24) is 14.9 Å². The Morgan fingerprint density at radius 3 is 1.37 bits per heavy atom. The number of carbonyl (C=O) groups is 2. The number of nitrogens with zero attached hydrogens (tertiary/aromatic N) is 5. The van der Waals surface area contributed by atoms with E-state index in [0.717, 1.165) is 44.8 Å². The molecule has 1 N–H and O–H groups in total. The number of rotatable bonds is 11. The molecule has 7 rings (SSSR count). The number of thioether (sulfide) groups is 2. The molecule has 290 valence electrons. The van der Waals surface area contributed by atoms with E-state index in [1.165, 1.54) is 28.4 Å². The van der Waals surface area contributed by atoms with Crippen LogP contribution in [0.1, 0.15) is 11.1 Å². The number of nitriles is 2. The number of hydrogen-bond donors (Lipinski definition) is 1. The van der Waals surface area contributed by atoms with E-state index >= 15 is 0 Å². The molecule has 0 aliphatic heterocycles. The van der Waals surface area contributed by atoms with E-state index in [-0.39, 0.29) is 23.3 Å². The van der Waals surface area contributed by atoms with E-state index < -0.39 is 0 Å². The van der Waals surface area contributed by atoms with Gasteiger partial charge in [0.25, 0.3) is 0 Å². The third-order valence-electron chi connectivity index (χ3n) is 8.80. The molecule has 7 aromatic rings. The fourth-order valence-electron chi connectivity index (χ4n) is 5.80. The lowest BCUT2D eigenvalue weighted by Gasteiger charge is -2.14. The Balaban J connectivity index is 0.000000201. The molecule has 0 radical (unpaired) electrons. The average molecular weight is 829 g/mol. The van der Waals surface area contributed by atoms with Crippen LogP contribution in [-0.4, -0.2) is 52.3 Å². The Bertz CT molecular complexity index is 2620. The molecule has 2 amide bonds. The summed E-state index contributed by atoms with van der Waals surface area (Å²) in [5, 5.41) is 24.3. The Morgan fingerprint density at radius 2 is 0.983 bits per heavy atom. The van der Waals surface area contributed by atoms with Crippen LogP contribution in [0.3, 0.4) is 0 Å². The first-order valence-electron chi connectivity index (χ1n) is 18.4. The largest absolute Gasteiger partial charge is 0.348 e. The SMILES string of the molecule is CN(C)C(=O)CSc1nc(-c2ccccc2)cc(-c2ccccc2)c1C#N.N#Cc1c(-c2ccccc2)cc(-c2ccccc2)nc1SCC(=O)Nc1ccc(Cl)cc1. The minimum Gasteiger partial charge on any atom is -0.348 e. The number of halogens is 1. The molecule has 2 aromatic heterocycles. The van der Waals surface area contributed by atoms with Crippen LogP contribution in [0, 0.1) is 22.7 Å². The van der Waals surface area contributed by atoms with Gasteiger partial charge in [-0.2, -0.15) is 10.5 Å². The summed E-state index contributed by atoms with van der Waals surface area (Å²) in [4.78, 5) is 35.5.